The number of carbonyl (C=O) groups excluding carboxylic acids is 2. The second-order valence-corrected chi connectivity index (χ2v) is 9.56. The van der Waals surface area contributed by atoms with Crippen LogP contribution in [0.5, 0.6) is 5.88 Å². The van der Waals surface area contributed by atoms with E-state index in [1.165, 1.54) is 15.2 Å². The molecule has 1 saturated carbocycles. The van der Waals surface area contributed by atoms with Crippen LogP contribution >= 0.6 is 0 Å². The molecule has 1 atom stereocenters. The highest BCUT2D eigenvalue weighted by molar-refractivity contribution is 5.97. The minimum atomic E-state index is -0.584. The summed E-state index contributed by atoms with van der Waals surface area (Å²) in [6, 6.07) is 0.301. The maximum atomic E-state index is 13.4. The number of aryl methyl sites for hydroxylation is 1. The van der Waals surface area contributed by atoms with E-state index in [1.54, 1.807) is 13.0 Å². The average Bonchev–Trinajstić information content (AvgIpc) is 3.32. The highest BCUT2D eigenvalue weighted by atomic mass is 16.3. The molecule has 2 aliphatic rings. The number of rotatable bonds is 7. The lowest BCUT2D eigenvalue weighted by atomic mass is 10.1. The number of hydrogen-bond donors (Lipinski definition) is 2. The molecule has 4 rings (SSSR count). The fourth-order valence-electron chi connectivity index (χ4n) is 4.58. The molecule has 33 heavy (non-hydrogen) atoms. The molecule has 0 radical (unpaired) electrons. The first-order chi connectivity index (χ1) is 15.7. The van der Waals surface area contributed by atoms with E-state index in [2.05, 4.69) is 17.3 Å². The quantitative estimate of drug-likeness (QED) is 0.624. The first-order valence-corrected chi connectivity index (χ1v) is 11.9. The van der Waals surface area contributed by atoms with Gasteiger partial charge in [-0.15, -0.1) is 0 Å². The zero-order valence-corrected chi connectivity index (χ0v) is 19.8. The van der Waals surface area contributed by atoms with Crippen LogP contribution in [0.3, 0.4) is 0 Å². The van der Waals surface area contributed by atoms with Crippen LogP contribution in [0.1, 0.15) is 74.5 Å². The molecule has 2 aromatic heterocycles. The van der Waals surface area contributed by atoms with Crippen molar-refractivity contribution >= 4 is 23.5 Å². The van der Waals surface area contributed by atoms with Crippen molar-refractivity contribution in [1.82, 2.24) is 24.4 Å². The Morgan fingerprint density at radius 3 is 2.64 bits per heavy atom. The molecule has 0 spiro atoms. The summed E-state index contributed by atoms with van der Waals surface area (Å²) in [4.78, 5) is 40.8. The largest absolute Gasteiger partial charge is 0.492 e. The van der Waals surface area contributed by atoms with Gasteiger partial charge in [0.1, 0.15) is 5.65 Å². The molecule has 9 heteroatoms. The Bertz CT molecular complexity index is 1170. The van der Waals surface area contributed by atoms with Crippen molar-refractivity contribution in [3.8, 4) is 5.88 Å². The van der Waals surface area contributed by atoms with Gasteiger partial charge in [0.15, 0.2) is 5.56 Å². The van der Waals surface area contributed by atoms with Crippen molar-refractivity contribution in [3.63, 3.8) is 0 Å². The molecule has 2 amide bonds. The number of carbonyl (C=O) groups is 2. The highest BCUT2D eigenvalue weighted by Crippen LogP contribution is 2.26. The third-order valence-electron chi connectivity index (χ3n) is 6.43. The molecule has 0 bridgehead atoms. The van der Waals surface area contributed by atoms with E-state index in [9.17, 15) is 19.5 Å². The summed E-state index contributed by atoms with van der Waals surface area (Å²) in [6.07, 6.45) is 7.87. The highest BCUT2D eigenvalue weighted by Gasteiger charge is 2.30. The normalized spacial score (nSPS) is 18.7. The third-order valence-corrected chi connectivity index (χ3v) is 6.43. The Balaban J connectivity index is 1.80. The number of hydrogen-bond acceptors (Lipinski definition) is 5. The topological polar surface area (TPSA) is 109 Å². The maximum absolute atomic E-state index is 13.4. The number of nitrogens with one attached hydrogen (secondary N) is 1. The number of amides is 2. The molecule has 2 fully saturated rings. The average molecular weight is 456 g/mol. The summed E-state index contributed by atoms with van der Waals surface area (Å²) < 4.78 is 2.73. The molecule has 1 saturated heterocycles. The van der Waals surface area contributed by atoms with Crippen LogP contribution in [-0.2, 0) is 11.3 Å². The molecule has 2 N–H and O–H groups in total. The number of fused-ring (bicyclic) bond motifs is 1. The summed E-state index contributed by atoms with van der Waals surface area (Å²) in [5.41, 5.74) is 0.659. The summed E-state index contributed by atoms with van der Waals surface area (Å²) in [6.45, 7) is 8.87. The van der Waals surface area contributed by atoms with Crippen molar-refractivity contribution < 1.29 is 14.7 Å². The zero-order chi connectivity index (χ0) is 23.9. The van der Waals surface area contributed by atoms with Gasteiger partial charge in [-0.2, -0.15) is 9.61 Å². The lowest BCUT2D eigenvalue weighted by Crippen LogP contribution is -2.36. The Morgan fingerprint density at radius 2 is 2.00 bits per heavy atom. The minimum absolute atomic E-state index is 0.0481. The summed E-state index contributed by atoms with van der Waals surface area (Å²) >= 11 is 0. The monoisotopic (exact) mass is 455 g/mol. The van der Waals surface area contributed by atoms with Gasteiger partial charge in [-0.3, -0.25) is 19.0 Å². The molecule has 178 valence electrons. The van der Waals surface area contributed by atoms with Crippen LogP contribution in [0.25, 0.3) is 11.7 Å². The van der Waals surface area contributed by atoms with Crippen LogP contribution in [0.15, 0.2) is 10.9 Å². The van der Waals surface area contributed by atoms with Gasteiger partial charge in [-0.25, -0.2) is 0 Å². The summed E-state index contributed by atoms with van der Waals surface area (Å²) in [7, 11) is 0. The molecule has 9 nitrogen and oxygen atoms in total. The lowest BCUT2D eigenvalue weighted by molar-refractivity contribution is -0.126. The molecule has 0 aromatic carbocycles. The van der Waals surface area contributed by atoms with Gasteiger partial charge in [0.25, 0.3) is 11.5 Å². The molecule has 3 heterocycles. The van der Waals surface area contributed by atoms with Crippen LogP contribution in [-0.4, -0.2) is 54.6 Å². The number of likely N-dealkylation sites (tertiary alicyclic amines) is 1. The molecule has 0 unspecified atom stereocenters. The van der Waals surface area contributed by atoms with E-state index in [4.69, 9.17) is 0 Å². The lowest BCUT2D eigenvalue weighted by Gasteiger charge is -2.21. The SMILES string of the molecule is CC[C@H]1CCCN1C(=O)/C=C/c1c(C)nn2c(O)c(C(=O)NC3CC3)c(=O)n(CC(C)C)c12. The first kappa shape index (κ1) is 23.1. The van der Waals surface area contributed by atoms with Crippen LogP contribution in [0.4, 0.5) is 0 Å². The number of aromatic hydroxyl groups is 1. The van der Waals surface area contributed by atoms with Gasteiger partial charge in [0, 0.05) is 36.8 Å². The zero-order valence-electron chi connectivity index (χ0n) is 19.8. The minimum Gasteiger partial charge on any atom is -0.492 e. The van der Waals surface area contributed by atoms with Gasteiger partial charge in [-0.1, -0.05) is 20.8 Å². The van der Waals surface area contributed by atoms with E-state index in [0.29, 0.717) is 23.4 Å². The molecular weight excluding hydrogens is 422 g/mol. The van der Waals surface area contributed by atoms with Gasteiger partial charge in [-0.05, 0) is 51.0 Å². The number of nitrogens with zero attached hydrogens (tertiary/aromatic N) is 4. The van der Waals surface area contributed by atoms with Crippen LogP contribution in [0, 0.1) is 12.8 Å². The van der Waals surface area contributed by atoms with E-state index in [1.807, 2.05) is 18.7 Å². The summed E-state index contributed by atoms with van der Waals surface area (Å²) in [5.74, 6) is -1.02. The number of aromatic nitrogens is 3. The maximum Gasteiger partial charge on any atom is 0.270 e. The Labute approximate surface area is 193 Å². The van der Waals surface area contributed by atoms with Gasteiger partial charge in [0.05, 0.1) is 5.69 Å². The fourth-order valence-corrected chi connectivity index (χ4v) is 4.58. The molecular formula is C24H33N5O4. The second-order valence-electron chi connectivity index (χ2n) is 9.56. The van der Waals surface area contributed by atoms with Gasteiger partial charge in [0.2, 0.25) is 11.8 Å². The van der Waals surface area contributed by atoms with E-state index < -0.39 is 17.3 Å². The molecule has 1 aliphatic carbocycles. The molecule has 1 aliphatic heterocycles. The van der Waals surface area contributed by atoms with Crippen molar-refractivity contribution in [2.45, 2.75) is 78.4 Å². The van der Waals surface area contributed by atoms with E-state index in [-0.39, 0.29) is 29.5 Å². The molecule has 2 aromatic rings. The Hall–Kier alpha value is -3.10. The smallest absolute Gasteiger partial charge is 0.270 e. The van der Waals surface area contributed by atoms with Crippen molar-refractivity contribution in [3.05, 3.63) is 33.3 Å². The second kappa shape index (κ2) is 9.03. The van der Waals surface area contributed by atoms with Gasteiger partial charge < -0.3 is 15.3 Å². The van der Waals surface area contributed by atoms with E-state index >= 15 is 0 Å². The van der Waals surface area contributed by atoms with Crippen molar-refractivity contribution in [2.75, 3.05) is 6.54 Å². The summed E-state index contributed by atoms with van der Waals surface area (Å²) in [5, 5.41) is 18.1. The van der Waals surface area contributed by atoms with Crippen LogP contribution < -0.4 is 10.9 Å². The van der Waals surface area contributed by atoms with E-state index in [0.717, 1.165) is 38.6 Å². The van der Waals surface area contributed by atoms with Crippen molar-refractivity contribution in [1.29, 1.82) is 0 Å². The Morgan fingerprint density at radius 1 is 1.27 bits per heavy atom. The van der Waals surface area contributed by atoms with Crippen molar-refractivity contribution in [2.24, 2.45) is 5.92 Å². The fraction of sp³-hybridized carbons (Fsp3) is 0.583. The third kappa shape index (κ3) is 4.41. The predicted octanol–water partition coefficient (Wildman–Crippen LogP) is 2.47. The predicted molar refractivity (Wildman–Crippen MR) is 125 cm³/mol. The first-order valence-electron chi connectivity index (χ1n) is 11.9. The standard InChI is InChI=1S/C24H33N5O4/c1-5-17-7-6-12-27(17)19(30)11-10-18-15(4)26-29-22(18)28(13-14(2)3)23(32)20(24(29)33)21(31)25-16-8-9-16/h10-11,14,16-17,33H,5-9,12-13H2,1-4H3,(H,25,31)/b11-10+/t17-/m0/s1. The Kier molecular flexibility index (Phi) is 6.32. The van der Waals surface area contributed by atoms with Crippen LogP contribution in [0.2, 0.25) is 0 Å². The van der Waals surface area contributed by atoms with Gasteiger partial charge >= 0.3 is 0 Å².